The van der Waals surface area contributed by atoms with Crippen molar-refractivity contribution >= 4 is 33.2 Å². The van der Waals surface area contributed by atoms with Gasteiger partial charge < -0.3 is 4.57 Å². The summed E-state index contributed by atoms with van der Waals surface area (Å²) < 4.78 is 43.8. The molecular weight excluding hydrogens is 589 g/mol. The lowest BCUT2D eigenvalue weighted by Gasteiger charge is -2.23. The maximum atomic E-state index is 13.6. The van der Waals surface area contributed by atoms with Crippen LogP contribution >= 0.6 is 11.6 Å². The number of hydrazone groups is 1. The zero-order valence-corrected chi connectivity index (χ0v) is 24.6. The minimum atomic E-state index is -3.93. The Bertz CT molecular complexity index is 1830. The highest BCUT2D eigenvalue weighted by atomic mass is 35.5. The third-order valence-electron chi connectivity index (χ3n) is 6.71. The van der Waals surface area contributed by atoms with Gasteiger partial charge in [0.1, 0.15) is 5.82 Å². The lowest BCUT2D eigenvalue weighted by atomic mass is 10.1. The van der Waals surface area contributed by atoms with Gasteiger partial charge in [-0.2, -0.15) is 9.41 Å². The number of benzene rings is 4. The smallest absolute Gasteiger partial charge is 0.271 e. The van der Waals surface area contributed by atoms with E-state index < -0.39 is 21.7 Å². The number of rotatable bonds is 10. The molecule has 0 fully saturated rings. The number of sulfonamides is 1. The molecule has 1 heterocycles. The number of carbonyl (C=O) groups excluding carboxylic acids is 1. The second kappa shape index (κ2) is 13.1. The van der Waals surface area contributed by atoms with Gasteiger partial charge in [-0.25, -0.2) is 23.2 Å². The summed E-state index contributed by atoms with van der Waals surface area (Å²) in [7, 11) is -3.93. The largest absolute Gasteiger partial charge is 0.306 e. The Morgan fingerprint density at radius 1 is 0.884 bits per heavy atom. The van der Waals surface area contributed by atoms with E-state index in [1.54, 1.807) is 55.8 Å². The highest BCUT2D eigenvalue weighted by Gasteiger charge is 2.25. The summed E-state index contributed by atoms with van der Waals surface area (Å²) in [5, 5.41) is 4.65. The highest BCUT2D eigenvalue weighted by Crippen LogP contribution is 2.23. The van der Waals surface area contributed by atoms with Crippen LogP contribution in [0.5, 0.6) is 0 Å². The molecule has 4 aromatic carbocycles. The summed E-state index contributed by atoms with van der Waals surface area (Å²) in [5.74, 6) is -0.814. The molecule has 43 heavy (non-hydrogen) atoms. The van der Waals surface area contributed by atoms with E-state index in [4.69, 9.17) is 11.6 Å². The molecule has 0 unspecified atom stereocenters. The van der Waals surface area contributed by atoms with Crippen molar-refractivity contribution in [1.29, 1.82) is 0 Å². The topological polar surface area (TPSA) is 96.7 Å². The van der Waals surface area contributed by atoms with Gasteiger partial charge in [0, 0.05) is 41.8 Å². The van der Waals surface area contributed by atoms with Crippen molar-refractivity contribution in [3.05, 3.63) is 149 Å². The van der Waals surface area contributed by atoms with Crippen LogP contribution in [0.15, 0.2) is 126 Å². The van der Waals surface area contributed by atoms with E-state index in [1.807, 2.05) is 35.0 Å². The van der Waals surface area contributed by atoms with E-state index in [2.05, 4.69) is 15.5 Å². The Balaban J connectivity index is 1.28. The zero-order valence-electron chi connectivity index (χ0n) is 23.1. The Morgan fingerprint density at radius 3 is 2.05 bits per heavy atom. The fraction of sp³-hybridized carbons (Fsp3) is 0.0938. The summed E-state index contributed by atoms with van der Waals surface area (Å²) in [5.41, 5.74) is 6.66. The second-order valence-corrected chi connectivity index (χ2v) is 12.1. The van der Waals surface area contributed by atoms with Gasteiger partial charge in [0.15, 0.2) is 0 Å². The molecular formula is C32H27ClFN5O3S. The summed E-state index contributed by atoms with van der Waals surface area (Å²) in [4.78, 5) is 16.9. The lowest BCUT2D eigenvalue weighted by Crippen LogP contribution is -2.30. The van der Waals surface area contributed by atoms with Gasteiger partial charge >= 0.3 is 0 Å². The molecule has 0 saturated carbocycles. The Hall–Kier alpha value is -4.64. The van der Waals surface area contributed by atoms with Crippen LogP contribution in [-0.2, 0) is 23.1 Å². The Kier molecular flexibility index (Phi) is 9.10. The summed E-state index contributed by atoms with van der Waals surface area (Å²) in [6.07, 6.45) is 5.27. The van der Waals surface area contributed by atoms with E-state index in [1.165, 1.54) is 40.7 Å². The molecule has 1 N–H and O–H groups in total. The van der Waals surface area contributed by atoms with Crippen LogP contribution in [0.25, 0.3) is 5.69 Å². The third kappa shape index (κ3) is 7.42. The van der Waals surface area contributed by atoms with E-state index >= 15 is 0 Å². The third-order valence-corrected chi connectivity index (χ3v) is 8.77. The van der Waals surface area contributed by atoms with Gasteiger partial charge in [-0.15, -0.1) is 0 Å². The monoisotopic (exact) mass is 615 g/mol. The van der Waals surface area contributed by atoms with Crippen LogP contribution in [0.3, 0.4) is 0 Å². The molecule has 5 aromatic rings. The normalized spacial score (nSPS) is 12.0. The maximum Gasteiger partial charge on any atom is 0.271 e. The van der Waals surface area contributed by atoms with Crippen molar-refractivity contribution in [2.24, 2.45) is 5.10 Å². The van der Waals surface area contributed by atoms with E-state index in [0.717, 1.165) is 11.3 Å². The van der Waals surface area contributed by atoms with Gasteiger partial charge in [0.2, 0.25) is 10.0 Å². The molecule has 0 atom stereocenters. The van der Waals surface area contributed by atoms with Crippen molar-refractivity contribution in [3.63, 3.8) is 0 Å². The van der Waals surface area contributed by atoms with Gasteiger partial charge in [0.05, 0.1) is 16.9 Å². The first-order chi connectivity index (χ1) is 20.7. The number of imidazole rings is 1. The fourth-order valence-corrected chi connectivity index (χ4v) is 5.83. The average molecular weight is 616 g/mol. The molecule has 218 valence electrons. The number of halogens is 2. The van der Waals surface area contributed by atoms with E-state index in [9.17, 15) is 17.6 Å². The summed E-state index contributed by atoms with van der Waals surface area (Å²) in [6, 6.07) is 25.9. The van der Waals surface area contributed by atoms with Crippen molar-refractivity contribution in [2.45, 2.75) is 24.9 Å². The van der Waals surface area contributed by atoms with E-state index in [-0.39, 0.29) is 18.0 Å². The van der Waals surface area contributed by atoms with E-state index in [0.29, 0.717) is 27.4 Å². The van der Waals surface area contributed by atoms with Crippen molar-refractivity contribution in [1.82, 2.24) is 19.3 Å². The molecule has 1 aromatic heterocycles. The highest BCUT2D eigenvalue weighted by molar-refractivity contribution is 7.89. The number of amides is 1. The summed E-state index contributed by atoms with van der Waals surface area (Å²) >= 11 is 5.96. The van der Waals surface area contributed by atoms with Gasteiger partial charge in [-0.1, -0.05) is 48.0 Å². The van der Waals surface area contributed by atoms with Crippen molar-refractivity contribution in [2.75, 3.05) is 0 Å². The van der Waals surface area contributed by atoms with Crippen LogP contribution in [0.2, 0.25) is 5.02 Å². The minimum Gasteiger partial charge on any atom is -0.306 e. The van der Waals surface area contributed by atoms with Gasteiger partial charge in [-0.05, 0) is 84.3 Å². The molecule has 8 nitrogen and oxygen atoms in total. The van der Waals surface area contributed by atoms with Crippen LogP contribution in [0, 0.1) is 5.82 Å². The molecule has 0 saturated heterocycles. The first-order valence-corrected chi connectivity index (χ1v) is 15.0. The van der Waals surface area contributed by atoms with Crippen LogP contribution < -0.4 is 5.43 Å². The number of hydrogen-bond donors (Lipinski definition) is 1. The van der Waals surface area contributed by atoms with Gasteiger partial charge in [0.25, 0.3) is 5.91 Å². The predicted molar refractivity (Wildman–Crippen MR) is 164 cm³/mol. The maximum absolute atomic E-state index is 13.6. The van der Waals surface area contributed by atoms with Crippen molar-refractivity contribution in [3.8, 4) is 5.69 Å². The minimum absolute atomic E-state index is 0.0186. The molecule has 5 rings (SSSR count). The van der Waals surface area contributed by atoms with Gasteiger partial charge in [-0.3, -0.25) is 4.79 Å². The molecule has 0 aliphatic carbocycles. The molecule has 0 radical (unpaired) electrons. The van der Waals surface area contributed by atoms with Crippen LogP contribution in [0.4, 0.5) is 4.39 Å². The average Bonchev–Trinajstić information content (AvgIpc) is 3.56. The first kappa shape index (κ1) is 29.8. The predicted octanol–water partition coefficient (Wildman–Crippen LogP) is 6.21. The summed E-state index contributed by atoms with van der Waals surface area (Å²) in [6.45, 7) is 1.84. The Labute approximate surface area is 254 Å². The standard InChI is InChI=1S/C32H27ClFN5O3S/c1-23(26-8-14-30(15-9-26)38-19-18-35-22-38)36-37-32(40)27-6-2-24(3-7-27)20-39(21-25-4-12-29(34)13-5-25)43(41,42)31-16-10-28(33)11-17-31/h2-19,22H,20-21H2,1H3,(H,37,40)/b36-23-. The zero-order chi connectivity index (χ0) is 30.4. The van der Waals surface area contributed by atoms with Crippen LogP contribution in [0.1, 0.15) is 34.0 Å². The molecule has 1 amide bonds. The number of nitrogens with one attached hydrogen (secondary N) is 1. The molecule has 0 bridgehead atoms. The number of hydrogen-bond acceptors (Lipinski definition) is 5. The lowest BCUT2D eigenvalue weighted by molar-refractivity contribution is 0.0954. The molecule has 0 aliphatic heterocycles. The second-order valence-electron chi connectivity index (χ2n) is 9.71. The number of aromatic nitrogens is 2. The SMILES string of the molecule is C/C(=N/NC(=O)c1ccc(CN(Cc2ccc(F)cc2)S(=O)(=O)c2ccc(Cl)cc2)cc1)c1ccc(-n2ccnc2)cc1. The van der Waals surface area contributed by atoms with Crippen molar-refractivity contribution < 1.29 is 17.6 Å². The number of carbonyl (C=O) groups is 1. The quantitative estimate of drug-likeness (QED) is 0.149. The molecule has 0 aliphatic rings. The Morgan fingerprint density at radius 2 is 1.47 bits per heavy atom. The molecule has 11 heteroatoms. The van der Waals surface area contributed by atoms with Crippen LogP contribution in [-0.4, -0.2) is 33.9 Å². The first-order valence-electron chi connectivity index (χ1n) is 13.2. The number of nitrogens with zero attached hydrogens (tertiary/aromatic N) is 4. The molecule has 0 spiro atoms. The fourth-order valence-electron chi connectivity index (χ4n) is 4.29.